The summed E-state index contributed by atoms with van der Waals surface area (Å²) in [5.41, 5.74) is 2.41. The van der Waals surface area contributed by atoms with Gasteiger partial charge in [-0.2, -0.15) is 0 Å². The molecule has 2 aromatic carbocycles. The van der Waals surface area contributed by atoms with Gasteiger partial charge in [-0.1, -0.05) is 67.6 Å². The van der Waals surface area contributed by atoms with Crippen molar-refractivity contribution in [3.63, 3.8) is 0 Å². The number of esters is 1. The summed E-state index contributed by atoms with van der Waals surface area (Å²) in [7, 11) is 0. The molecule has 0 radical (unpaired) electrons. The van der Waals surface area contributed by atoms with E-state index < -0.39 is 0 Å². The van der Waals surface area contributed by atoms with Gasteiger partial charge in [-0.3, -0.25) is 4.79 Å². The maximum Gasteiger partial charge on any atom is 0.309 e. The van der Waals surface area contributed by atoms with Crippen molar-refractivity contribution >= 4 is 5.97 Å². The smallest absolute Gasteiger partial charge is 0.309 e. The van der Waals surface area contributed by atoms with Crippen LogP contribution in [0.2, 0.25) is 0 Å². The molecule has 25 heavy (non-hydrogen) atoms. The second kappa shape index (κ2) is 7.03. The molecule has 2 saturated carbocycles. The molecule has 0 aliphatic heterocycles. The molecule has 2 aliphatic carbocycles. The highest BCUT2D eigenvalue weighted by atomic mass is 16.5. The molecular weight excluding hydrogens is 308 g/mol. The van der Waals surface area contributed by atoms with Crippen molar-refractivity contribution in [2.45, 2.75) is 38.7 Å². The number of ether oxygens (including phenoxy) is 1. The number of carbonyl (C=O) groups excluding carboxylic acids is 1. The minimum Gasteiger partial charge on any atom is -0.461 e. The lowest BCUT2D eigenvalue weighted by molar-refractivity contribution is -0.154. The lowest BCUT2D eigenvalue weighted by Crippen LogP contribution is -2.34. The summed E-state index contributed by atoms with van der Waals surface area (Å²) in [6.45, 7) is 2.68. The number of hydrogen-bond donors (Lipinski definition) is 0. The summed E-state index contributed by atoms with van der Waals surface area (Å²) < 4.78 is 5.74. The van der Waals surface area contributed by atoms with E-state index in [0.717, 1.165) is 5.56 Å². The Balaban J connectivity index is 1.49. The summed E-state index contributed by atoms with van der Waals surface area (Å²) in [4.78, 5) is 12.9. The van der Waals surface area contributed by atoms with Gasteiger partial charge in [0.15, 0.2) is 0 Å². The predicted octanol–water partition coefficient (Wildman–Crippen LogP) is 5.20. The number of fused-ring (bicyclic) bond motifs is 2. The number of hydrogen-bond acceptors (Lipinski definition) is 2. The maximum absolute atomic E-state index is 12.9. The molecule has 2 aliphatic rings. The van der Waals surface area contributed by atoms with Crippen LogP contribution < -0.4 is 0 Å². The second-order valence-corrected chi connectivity index (χ2v) is 7.73. The molecule has 2 nitrogen and oxygen atoms in total. The SMILES string of the molecule is CC(c1ccccc1)C1C2CCC(C2)C1C(=O)OCc1ccccc1. The van der Waals surface area contributed by atoms with Crippen LogP contribution in [0.3, 0.4) is 0 Å². The summed E-state index contributed by atoms with van der Waals surface area (Å²) in [6, 6.07) is 20.6. The fraction of sp³-hybridized carbons (Fsp3) is 0.435. The quantitative estimate of drug-likeness (QED) is 0.703. The van der Waals surface area contributed by atoms with Crippen LogP contribution in [0.15, 0.2) is 60.7 Å². The Kier molecular flexibility index (Phi) is 4.61. The Morgan fingerprint density at radius 2 is 1.64 bits per heavy atom. The Labute approximate surface area is 150 Å². The van der Waals surface area contributed by atoms with Gasteiger partial charge < -0.3 is 4.74 Å². The molecule has 5 unspecified atom stereocenters. The van der Waals surface area contributed by atoms with Crippen LogP contribution in [-0.2, 0) is 16.1 Å². The van der Waals surface area contributed by atoms with Crippen molar-refractivity contribution in [3.05, 3.63) is 71.8 Å². The summed E-state index contributed by atoms with van der Waals surface area (Å²) in [5, 5.41) is 0. The molecule has 0 spiro atoms. The first-order valence-corrected chi connectivity index (χ1v) is 9.49. The van der Waals surface area contributed by atoms with Crippen LogP contribution >= 0.6 is 0 Å². The Bertz CT molecular complexity index is 709. The zero-order chi connectivity index (χ0) is 17.2. The van der Waals surface area contributed by atoms with E-state index in [2.05, 4.69) is 37.3 Å². The normalized spacial score (nSPS) is 28.7. The topological polar surface area (TPSA) is 26.3 Å². The van der Waals surface area contributed by atoms with E-state index in [9.17, 15) is 4.79 Å². The standard InChI is InChI=1S/C23H26O2/c1-16(18-10-6-3-7-11-18)21-19-12-13-20(14-19)22(21)23(24)25-15-17-8-4-2-5-9-17/h2-11,16,19-22H,12-15H2,1H3. The van der Waals surface area contributed by atoms with Gasteiger partial charge in [0, 0.05) is 0 Å². The van der Waals surface area contributed by atoms with Crippen molar-refractivity contribution in [2.24, 2.45) is 23.7 Å². The van der Waals surface area contributed by atoms with Gasteiger partial charge in [0.1, 0.15) is 6.61 Å². The monoisotopic (exact) mass is 334 g/mol. The van der Waals surface area contributed by atoms with Crippen molar-refractivity contribution in [1.29, 1.82) is 0 Å². The highest BCUT2D eigenvalue weighted by Gasteiger charge is 2.53. The summed E-state index contributed by atoms with van der Waals surface area (Å²) in [6.07, 6.45) is 3.66. The van der Waals surface area contributed by atoms with Crippen molar-refractivity contribution in [2.75, 3.05) is 0 Å². The fourth-order valence-electron chi connectivity index (χ4n) is 5.21. The molecule has 2 fully saturated rings. The lowest BCUT2D eigenvalue weighted by atomic mass is 9.71. The van der Waals surface area contributed by atoms with E-state index in [4.69, 9.17) is 4.74 Å². The van der Waals surface area contributed by atoms with Crippen LogP contribution in [0, 0.1) is 23.7 Å². The van der Waals surface area contributed by atoms with Crippen LogP contribution in [0.1, 0.15) is 43.2 Å². The first-order valence-electron chi connectivity index (χ1n) is 9.49. The van der Waals surface area contributed by atoms with Gasteiger partial charge >= 0.3 is 5.97 Å². The lowest BCUT2D eigenvalue weighted by Gasteiger charge is -2.34. The van der Waals surface area contributed by atoms with E-state index >= 15 is 0 Å². The third-order valence-corrected chi connectivity index (χ3v) is 6.38. The molecule has 5 atom stereocenters. The van der Waals surface area contributed by atoms with Crippen LogP contribution in [-0.4, -0.2) is 5.97 Å². The Hall–Kier alpha value is -2.09. The highest BCUT2D eigenvalue weighted by Crippen LogP contribution is 2.57. The molecule has 0 aromatic heterocycles. The van der Waals surface area contributed by atoms with Crippen molar-refractivity contribution in [1.82, 2.24) is 0 Å². The van der Waals surface area contributed by atoms with E-state index in [1.54, 1.807) is 0 Å². The number of carbonyl (C=O) groups is 1. The average molecular weight is 334 g/mol. The van der Waals surface area contributed by atoms with E-state index in [1.807, 2.05) is 30.3 Å². The predicted molar refractivity (Wildman–Crippen MR) is 98.9 cm³/mol. The Morgan fingerprint density at radius 1 is 1.00 bits per heavy atom. The molecule has 0 N–H and O–H groups in total. The zero-order valence-corrected chi connectivity index (χ0v) is 14.8. The first kappa shape index (κ1) is 16.4. The molecule has 130 valence electrons. The van der Waals surface area contributed by atoms with Gasteiger partial charge in [-0.05, 0) is 54.1 Å². The molecule has 0 amide bonds. The van der Waals surface area contributed by atoms with Gasteiger partial charge in [0.2, 0.25) is 0 Å². The average Bonchev–Trinajstić information content (AvgIpc) is 3.28. The molecule has 0 heterocycles. The number of rotatable bonds is 5. The zero-order valence-electron chi connectivity index (χ0n) is 14.8. The number of benzene rings is 2. The first-order chi connectivity index (χ1) is 12.2. The highest BCUT2D eigenvalue weighted by molar-refractivity contribution is 5.74. The molecule has 2 bridgehead atoms. The van der Waals surface area contributed by atoms with Crippen molar-refractivity contribution in [3.8, 4) is 0 Å². The largest absolute Gasteiger partial charge is 0.461 e. The fourth-order valence-corrected chi connectivity index (χ4v) is 5.21. The van der Waals surface area contributed by atoms with Crippen LogP contribution in [0.25, 0.3) is 0 Å². The van der Waals surface area contributed by atoms with E-state index in [1.165, 1.54) is 24.8 Å². The van der Waals surface area contributed by atoms with Gasteiger partial charge in [0.05, 0.1) is 5.92 Å². The summed E-state index contributed by atoms with van der Waals surface area (Å²) in [5.74, 6) is 2.11. The third-order valence-electron chi connectivity index (χ3n) is 6.38. The van der Waals surface area contributed by atoms with E-state index in [-0.39, 0.29) is 11.9 Å². The molecule has 4 rings (SSSR count). The molecule has 2 aromatic rings. The van der Waals surface area contributed by atoms with Gasteiger partial charge in [-0.15, -0.1) is 0 Å². The second-order valence-electron chi connectivity index (χ2n) is 7.73. The van der Waals surface area contributed by atoms with Gasteiger partial charge in [0.25, 0.3) is 0 Å². The van der Waals surface area contributed by atoms with Crippen LogP contribution in [0.5, 0.6) is 0 Å². The van der Waals surface area contributed by atoms with Crippen molar-refractivity contribution < 1.29 is 9.53 Å². The Morgan fingerprint density at radius 3 is 2.36 bits per heavy atom. The molecule has 2 heteroatoms. The minimum absolute atomic E-state index is 0.0174. The third kappa shape index (κ3) is 3.22. The molecule has 0 saturated heterocycles. The summed E-state index contributed by atoms with van der Waals surface area (Å²) >= 11 is 0. The maximum atomic E-state index is 12.9. The minimum atomic E-state index is 0.0174. The van der Waals surface area contributed by atoms with E-state index in [0.29, 0.717) is 30.3 Å². The molecular formula is C23H26O2. The van der Waals surface area contributed by atoms with Gasteiger partial charge in [-0.25, -0.2) is 0 Å². The van der Waals surface area contributed by atoms with Crippen LogP contribution in [0.4, 0.5) is 0 Å².